The van der Waals surface area contributed by atoms with Crippen LogP contribution in [0.25, 0.3) is 10.9 Å². The van der Waals surface area contributed by atoms with Crippen molar-refractivity contribution in [1.82, 2.24) is 9.88 Å². The summed E-state index contributed by atoms with van der Waals surface area (Å²) in [6, 6.07) is 14.0. The molecule has 2 aromatic carbocycles. The molecular formula is C18H17FN2O. The third-order valence-corrected chi connectivity index (χ3v) is 3.79. The van der Waals surface area contributed by atoms with E-state index >= 15 is 0 Å². The van der Waals surface area contributed by atoms with E-state index < -0.39 is 0 Å². The highest BCUT2D eigenvalue weighted by Crippen LogP contribution is 2.19. The highest BCUT2D eigenvalue weighted by atomic mass is 19.1. The lowest BCUT2D eigenvalue weighted by molar-refractivity contribution is 0.0956. The Morgan fingerprint density at radius 1 is 1.14 bits per heavy atom. The molecule has 3 nitrogen and oxygen atoms in total. The maximum atomic E-state index is 12.8. The zero-order chi connectivity index (χ0) is 15.5. The molecule has 0 fully saturated rings. The number of aryl methyl sites for hydroxylation is 1. The number of nitrogens with one attached hydrogen (secondary N) is 1. The van der Waals surface area contributed by atoms with E-state index in [4.69, 9.17) is 0 Å². The first-order chi connectivity index (χ1) is 10.6. The first-order valence-corrected chi connectivity index (χ1v) is 7.22. The maximum absolute atomic E-state index is 12.8. The van der Waals surface area contributed by atoms with Crippen molar-refractivity contribution in [3.8, 4) is 0 Å². The van der Waals surface area contributed by atoms with Crippen molar-refractivity contribution in [2.24, 2.45) is 7.05 Å². The number of carbonyl (C=O) groups is 1. The highest BCUT2D eigenvalue weighted by Gasteiger charge is 2.10. The largest absolute Gasteiger partial charge is 0.352 e. The summed E-state index contributed by atoms with van der Waals surface area (Å²) < 4.78 is 14.8. The predicted molar refractivity (Wildman–Crippen MR) is 85.4 cm³/mol. The van der Waals surface area contributed by atoms with Crippen LogP contribution < -0.4 is 5.32 Å². The van der Waals surface area contributed by atoms with Gasteiger partial charge in [-0.15, -0.1) is 0 Å². The molecule has 0 unspecified atom stereocenters. The SMILES string of the molecule is Cn1ccc2c(C(=O)NCCc3ccc(F)cc3)cccc21. The van der Waals surface area contributed by atoms with E-state index in [0.717, 1.165) is 16.5 Å². The molecule has 0 radical (unpaired) electrons. The van der Waals surface area contributed by atoms with E-state index in [1.807, 2.05) is 42.1 Å². The second kappa shape index (κ2) is 6.02. The molecular weight excluding hydrogens is 279 g/mol. The third-order valence-electron chi connectivity index (χ3n) is 3.79. The molecule has 0 spiro atoms. The van der Waals surface area contributed by atoms with Gasteiger partial charge in [0.05, 0.1) is 0 Å². The lowest BCUT2D eigenvalue weighted by atomic mass is 10.1. The molecule has 0 saturated carbocycles. The van der Waals surface area contributed by atoms with Crippen molar-refractivity contribution >= 4 is 16.8 Å². The Bertz CT molecular complexity index is 806. The Labute approximate surface area is 128 Å². The van der Waals surface area contributed by atoms with Crippen LogP contribution in [-0.4, -0.2) is 17.0 Å². The minimum atomic E-state index is -0.247. The molecule has 0 saturated heterocycles. The number of halogens is 1. The van der Waals surface area contributed by atoms with Gasteiger partial charge in [0.15, 0.2) is 0 Å². The minimum absolute atomic E-state index is 0.0843. The molecule has 0 aliphatic heterocycles. The fourth-order valence-electron chi connectivity index (χ4n) is 2.57. The number of hydrogen-bond donors (Lipinski definition) is 1. The van der Waals surface area contributed by atoms with Crippen LogP contribution in [0.1, 0.15) is 15.9 Å². The molecule has 1 N–H and O–H groups in total. The molecule has 112 valence electrons. The van der Waals surface area contributed by atoms with Crippen molar-refractivity contribution in [2.45, 2.75) is 6.42 Å². The van der Waals surface area contributed by atoms with E-state index in [9.17, 15) is 9.18 Å². The minimum Gasteiger partial charge on any atom is -0.352 e. The lowest BCUT2D eigenvalue weighted by Gasteiger charge is -2.07. The number of fused-ring (bicyclic) bond motifs is 1. The summed E-state index contributed by atoms with van der Waals surface area (Å²) in [4.78, 5) is 12.3. The summed E-state index contributed by atoms with van der Waals surface area (Å²) in [7, 11) is 1.96. The van der Waals surface area contributed by atoms with Crippen LogP contribution in [0.2, 0.25) is 0 Å². The van der Waals surface area contributed by atoms with Crippen LogP contribution >= 0.6 is 0 Å². The van der Waals surface area contributed by atoms with Crippen molar-refractivity contribution in [1.29, 1.82) is 0 Å². The standard InChI is InChI=1S/C18H17FN2O/c1-21-12-10-15-16(3-2-4-17(15)21)18(22)20-11-9-13-5-7-14(19)8-6-13/h2-8,10,12H,9,11H2,1H3,(H,20,22). The fraction of sp³-hybridized carbons (Fsp3) is 0.167. The Kier molecular flexibility index (Phi) is 3.92. The summed E-state index contributed by atoms with van der Waals surface area (Å²) >= 11 is 0. The number of benzene rings is 2. The van der Waals surface area contributed by atoms with Crippen molar-refractivity contribution < 1.29 is 9.18 Å². The molecule has 3 aromatic rings. The summed E-state index contributed by atoms with van der Waals surface area (Å²) in [5.74, 6) is -0.331. The number of hydrogen-bond acceptors (Lipinski definition) is 1. The molecule has 1 amide bonds. The van der Waals surface area contributed by atoms with Crippen molar-refractivity contribution in [2.75, 3.05) is 6.54 Å². The smallest absolute Gasteiger partial charge is 0.251 e. The van der Waals surface area contributed by atoms with Gasteiger partial charge >= 0.3 is 0 Å². The van der Waals surface area contributed by atoms with Gasteiger partial charge in [-0.25, -0.2) is 4.39 Å². The first kappa shape index (κ1) is 14.3. The zero-order valence-corrected chi connectivity index (χ0v) is 12.3. The Morgan fingerprint density at radius 2 is 1.91 bits per heavy atom. The van der Waals surface area contributed by atoms with E-state index in [2.05, 4.69) is 5.32 Å². The summed E-state index contributed by atoms with van der Waals surface area (Å²) in [5.41, 5.74) is 2.71. The van der Waals surface area contributed by atoms with Gasteiger partial charge in [-0.1, -0.05) is 18.2 Å². The third kappa shape index (κ3) is 2.86. The first-order valence-electron chi connectivity index (χ1n) is 7.22. The van der Waals surface area contributed by atoms with Gasteiger partial charge in [-0.05, 0) is 42.3 Å². The number of nitrogens with zero attached hydrogens (tertiary/aromatic N) is 1. The molecule has 4 heteroatoms. The molecule has 1 aromatic heterocycles. The van der Waals surface area contributed by atoms with Crippen LogP contribution in [-0.2, 0) is 13.5 Å². The molecule has 0 aliphatic carbocycles. The summed E-state index contributed by atoms with van der Waals surface area (Å²) in [6.07, 6.45) is 2.62. The number of rotatable bonds is 4. The zero-order valence-electron chi connectivity index (χ0n) is 12.3. The Morgan fingerprint density at radius 3 is 2.68 bits per heavy atom. The quantitative estimate of drug-likeness (QED) is 0.787. The second-order valence-electron chi connectivity index (χ2n) is 5.30. The van der Waals surface area contributed by atoms with Gasteiger partial charge in [-0.3, -0.25) is 4.79 Å². The number of amides is 1. The van der Waals surface area contributed by atoms with Crippen LogP contribution in [0.5, 0.6) is 0 Å². The van der Waals surface area contributed by atoms with Gasteiger partial charge in [0.25, 0.3) is 5.91 Å². The fourth-order valence-corrected chi connectivity index (χ4v) is 2.57. The van der Waals surface area contributed by atoms with Gasteiger partial charge in [0, 0.05) is 36.3 Å². The second-order valence-corrected chi connectivity index (χ2v) is 5.30. The van der Waals surface area contributed by atoms with Crippen LogP contribution in [0, 0.1) is 5.82 Å². The predicted octanol–water partition coefficient (Wildman–Crippen LogP) is 3.29. The Hall–Kier alpha value is -2.62. The van der Waals surface area contributed by atoms with Crippen LogP contribution in [0.3, 0.4) is 0 Å². The van der Waals surface area contributed by atoms with Crippen LogP contribution in [0.4, 0.5) is 4.39 Å². The van der Waals surface area contributed by atoms with Crippen LogP contribution in [0.15, 0.2) is 54.7 Å². The van der Waals surface area contributed by atoms with E-state index in [1.165, 1.54) is 12.1 Å². The Balaban J connectivity index is 1.67. The highest BCUT2D eigenvalue weighted by molar-refractivity contribution is 6.06. The normalized spacial score (nSPS) is 10.8. The lowest BCUT2D eigenvalue weighted by Crippen LogP contribution is -2.25. The topological polar surface area (TPSA) is 34.0 Å². The molecule has 0 atom stereocenters. The van der Waals surface area contributed by atoms with Gasteiger partial charge in [0.2, 0.25) is 0 Å². The maximum Gasteiger partial charge on any atom is 0.251 e. The molecule has 0 bridgehead atoms. The summed E-state index contributed by atoms with van der Waals surface area (Å²) in [5, 5.41) is 3.87. The van der Waals surface area contributed by atoms with Crippen molar-refractivity contribution in [3.63, 3.8) is 0 Å². The number of carbonyl (C=O) groups excluding carboxylic acids is 1. The van der Waals surface area contributed by atoms with Crippen molar-refractivity contribution in [3.05, 3.63) is 71.7 Å². The summed E-state index contributed by atoms with van der Waals surface area (Å²) in [6.45, 7) is 0.522. The molecule has 22 heavy (non-hydrogen) atoms. The van der Waals surface area contributed by atoms with Gasteiger partial charge in [-0.2, -0.15) is 0 Å². The number of aromatic nitrogens is 1. The van der Waals surface area contributed by atoms with E-state index in [0.29, 0.717) is 18.5 Å². The van der Waals surface area contributed by atoms with Gasteiger partial charge < -0.3 is 9.88 Å². The molecule has 3 rings (SSSR count). The molecule has 0 aliphatic rings. The molecule has 1 heterocycles. The van der Waals surface area contributed by atoms with E-state index in [-0.39, 0.29) is 11.7 Å². The van der Waals surface area contributed by atoms with Gasteiger partial charge in [0.1, 0.15) is 5.82 Å². The average Bonchev–Trinajstić information content (AvgIpc) is 2.91. The average molecular weight is 296 g/mol. The van der Waals surface area contributed by atoms with E-state index in [1.54, 1.807) is 12.1 Å². The monoisotopic (exact) mass is 296 g/mol.